The Labute approximate surface area is 153 Å². The Kier molecular flexibility index (Phi) is 7.25. The molecule has 144 valence electrons. The SMILES string of the molecule is CC(C)(C)[S@@+]([O-])N[C@@](CF)(C[C@H](O)C(F)(F)F)c1cc(Br)cnc1F. The molecule has 0 unspecified atom stereocenters. The maximum Gasteiger partial charge on any atom is 0.414 e. The van der Waals surface area contributed by atoms with E-state index < -0.39 is 58.5 Å². The van der Waals surface area contributed by atoms with Crippen molar-refractivity contribution in [2.45, 2.75) is 49.8 Å². The number of aliphatic hydroxyl groups excluding tert-OH is 1. The van der Waals surface area contributed by atoms with Crippen molar-refractivity contribution in [3.8, 4) is 0 Å². The normalized spacial score (nSPS) is 17.9. The summed E-state index contributed by atoms with van der Waals surface area (Å²) < 4.78 is 80.2. The highest BCUT2D eigenvalue weighted by molar-refractivity contribution is 9.10. The van der Waals surface area contributed by atoms with Crippen molar-refractivity contribution in [3.05, 3.63) is 28.2 Å². The first-order valence-electron chi connectivity index (χ1n) is 7.05. The number of hydrogen-bond donors (Lipinski definition) is 2. The van der Waals surface area contributed by atoms with Gasteiger partial charge in [0.15, 0.2) is 6.10 Å². The van der Waals surface area contributed by atoms with Gasteiger partial charge in [-0.1, -0.05) is 0 Å². The highest BCUT2D eigenvalue weighted by Crippen LogP contribution is 2.36. The third-order valence-electron chi connectivity index (χ3n) is 3.31. The Balaban J connectivity index is 3.44. The van der Waals surface area contributed by atoms with Gasteiger partial charge in [0, 0.05) is 34.0 Å². The molecule has 0 bridgehead atoms. The molecule has 0 radical (unpaired) electrons. The molecule has 0 aliphatic carbocycles. The average molecular weight is 453 g/mol. The first-order valence-corrected chi connectivity index (χ1v) is 8.99. The lowest BCUT2D eigenvalue weighted by molar-refractivity contribution is -0.210. The maximum absolute atomic E-state index is 14.1. The second-order valence-electron chi connectivity index (χ2n) is 6.45. The highest BCUT2D eigenvalue weighted by atomic mass is 79.9. The molecule has 0 amide bonds. The monoisotopic (exact) mass is 452 g/mol. The van der Waals surface area contributed by atoms with E-state index in [2.05, 4.69) is 25.6 Å². The van der Waals surface area contributed by atoms with Gasteiger partial charge in [0.1, 0.15) is 17.0 Å². The van der Waals surface area contributed by atoms with Crippen molar-refractivity contribution in [2.24, 2.45) is 0 Å². The molecule has 0 aliphatic rings. The van der Waals surface area contributed by atoms with Crippen molar-refractivity contribution < 1.29 is 31.6 Å². The number of alkyl halides is 4. The molecule has 0 saturated heterocycles. The zero-order valence-electron chi connectivity index (χ0n) is 13.6. The number of nitrogens with one attached hydrogen (secondary N) is 1. The second kappa shape index (κ2) is 8.03. The summed E-state index contributed by atoms with van der Waals surface area (Å²) in [7, 11) is 0. The van der Waals surface area contributed by atoms with Gasteiger partial charge < -0.3 is 9.66 Å². The minimum atomic E-state index is -5.05. The lowest BCUT2D eigenvalue weighted by Crippen LogP contribution is -2.55. The van der Waals surface area contributed by atoms with E-state index in [1.165, 1.54) is 20.8 Å². The molecule has 25 heavy (non-hydrogen) atoms. The molecule has 1 heterocycles. The molecule has 1 aromatic rings. The van der Waals surface area contributed by atoms with E-state index in [0.29, 0.717) is 0 Å². The fourth-order valence-electron chi connectivity index (χ4n) is 1.89. The predicted octanol–water partition coefficient (Wildman–Crippen LogP) is 3.51. The summed E-state index contributed by atoms with van der Waals surface area (Å²) in [6.07, 6.45) is -8.24. The molecular weight excluding hydrogens is 435 g/mol. The molecule has 0 aromatic carbocycles. The van der Waals surface area contributed by atoms with E-state index in [1.807, 2.05) is 0 Å². The van der Waals surface area contributed by atoms with Crippen LogP contribution in [-0.4, -0.2) is 38.3 Å². The molecule has 0 spiro atoms. The fraction of sp³-hybridized carbons (Fsp3) is 0.643. The Bertz CT molecular complexity index is 576. The molecular formula is C14H18BrF5N2O2S. The average Bonchev–Trinajstić information content (AvgIpc) is 2.46. The summed E-state index contributed by atoms with van der Waals surface area (Å²) in [4.78, 5) is 3.35. The van der Waals surface area contributed by atoms with Crippen LogP contribution in [0.5, 0.6) is 0 Å². The standard InChI is InChI=1S/C14H18BrF5N2O2S/c1-12(2,3)25(24)22-13(7-16,5-10(23)14(18,19)20)9-4-8(15)6-21-11(9)17/h4,6,10,22-23H,5,7H2,1-3H3/t10-,13+,25+/m0/s1. The summed E-state index contributed by atoms with van der Waals surface area (Å²) in [5.74, 6) is -1.23. The summed E-state index contributed by atoms with van der Waals surface area (Å²) in [5.41, 5.74) is -2.95. The van der Waals surface area contributed by atoms with E-state index >= 15 is 0 Å². The van der Waals surface area contributed by atoms with Crippen LogP contribution in [0.3, 0.4) is 0 Å². The first-order chi connectivity index (χ1) is 11.2. The molecule has 0 fully saturated rings. The van der Waals surface area contributed by atoms with Crippen molar-refractivity contribution in [1.82, 2.24) is 9.71 Å². The van der Waals surface area contributed by atoms with E-state index in [-0.39, 0.29) is 4.47 Å². The molecule has 3 atom stereocenters. The molecule has 4 nitrogen and oxygen atoms in total. The molecule has 11 heteroatoms. The second-order valence-corrected chi connectivity index (χ2v) is 9.33. The van der Waals surface area contributed by atoms with Crippen LogP contribution < -0.4 is 4.72 Å². The molecule has 0 aliphatic heterocycles. The van der Waals surface area contributed by atoms with E-state index in [1.54, 1.807) is 0 Å². The van der Waals surface area contributed by atoms with Crippen LogP contribution in [0.4, 0.5) is 22.0 Å². The van der Waals surface area contributed by atoms with Crippen molar-refractivity contribution in [2.75, 3.05) is 6.67 Å². The summed E-state index contributed by atoms with van der Waals surface area (Å²) in [5, 5.41) is 9.40. The van der Waals surface area contributed by atoms with Crippen LogP contribution >= 0.6 is 15.9 Å². The van der Waals surface area contributed by atoms with Gasteiger partial charge in [-0.2, -0.15) is 17.6 Å². The van der Waals surface area contributed by atoms with E-state index in [4.69, 9.17) is 0 Å². The smallest absolute Gasteiger partial charge is 0.414 e. The van der Waals surface area contributed by atoms with Crippen molar-refractivity contribution >= 4 is 27.3 Å². The number of aliphatic hydroxyl groups is 1. The van der Waals surface area contributed by atoms with Crippen molar-refractivity contribution in [1.29, 1.82) is 0 Å². The number of halogens is 6. The Morgan fingerprint density at radius 3 is 2.36 bits per heavy atom. The van der Waals surface area contributed by atoms with Gasteiger partial charge in [-0.05, 0) is 42.8 Å². The highest BCUT2D eigenvalue weighted by Gasteiger charge is 2.50. The Morgan fingerprint density at radius 1 is 1.36 bits per heavy atom. The number of rotatable bonds is 6. The van der Waals surface area contributed by atoms with Gasteiger partial charge in [0.05, 0.1) is 0 Å². The zero-order valence-corrected chi connectivity index (χ0v) is 16.0. The summed E-state index contributed by atoms with van der Waals surface area (Å²) >= 11 is 0.946. The van der Waals surface area contributed by atoms with Crippen LogP contribution in [0.1, 0.15) is 32.8 Å². The van der Waals surface area contributed by atoms with E-state index in [0.717, 1.165) is 12.3 Å². The van der Waals surface area contributed by atoms with Crippen LogP contribution in [0.25, 0.3) is 0 Å². The molecule has 0 saturated carbocycles. The van der Waals surface area contributed by atoms with Gasteiger partial charge in [0.25, 0.3) is 0 Å². The van der Waals surface area contributed by atoms with Crippen molar-refractivity contribution in [3.63, 3.8) is 0 Å². The number of nitrogens with zero attached hydrogens (tertiary/aromatic N) is 1. The van der Waals surface area contributed by atoms with Crippen LogP contribution in [0, 0.1) is 5.95 Å². The third-order valence-corrected chi connectivity index (χ3v) is 5.44. The number of hydrogen-bond acceptors (Lipinski definition) is 4. The Hall–Kier alpha value is -0.490. The summed E-state index contributed by atoms with van der Waals surface area (Å²) in [6, 6.07) is 1.04. The van der Waals surface area contributed by atoms with Gasteiger partial charge in [0.2, 0.25) is 5.95 Å². The topological polar surface area (TPSA) is 68.2 Å². The fourth-order valence-corrected chi connectivity index (χ4v) is 3.14. The molecule has 2 N–H and O–H groups in total. The zero-order chi connectivity index (χ0) is 19.6. The first kappa shape index (κ1) is 22.6. The van der Waals surface area contributed by atoms with Gasteiger partial charge >= 0.3 is 6.18 Å². The lowest BCUT2D eigenvalue weighted by atomic mass is 9.87. The van der Waals surface area contributed by atoms with Gasteiger partial charge in [-0.25, -0.2) is 9.37 Å². The maximum atomic E-state index is 14.1. The van der Waals surface area contributed by atoms with Crippen LogP contribution in [-0.2, 0) is 16.9 Å². The minimum absolute atomic E-state index is 0.187. The predicted molar refractivity (Wildman–Crippen MR) is 87.3 cm³/mol. The minimum Gasteiger partial charge on any atom is -0.598 e. The summed E-state index contributed by atoms with van der Waals surface area (Å²) in [6.45, 7) is 2.98. The van der Waals surface area contributed by atoms with E-state index in [9.17, 15) is 31.6 Å². The van der Waals surface area contributed by atoms with Crippen LogP contribution in [0.2, 0.25) is 0 Å². The largest absolute Gasteiger partial charge is 0.598 e. The van der Waals surface area contributed by atoms with Gasteiger partial charge in [-0.15, -0.1) is 4.72 Å². The Morgan fingerprint density at radius 2 is 1.92 bits per heavy atom. The van der Waals surface area contributed by atoms with Crippen LogP contribution in [0.15, 0.2) is 16.7 Å². The number of pyridine rings is 1. The quantitative estimate of drug-likeness (QED) is 0.393. The third kappa shape index (κ3) is 5.75. The molecule has 1 aromatic heterocycles. The lowest BCUT2D eigenvalue weighted by Gasteiger charge is -2.37. The molecule has 1 rings (SSSR count). The van der Waals surface area contributed by atoms with Gasteiger partial charge in [-0.3, -0.25) is 0 Å². The number of aromatic nitrogens is 1.